The first-order valence-electron chi connectivity index (χ1n) is 5.00. The van der Waals surface area contributed by atoms with Gasteiger partial charge in [-0.3, -0.25) is 9.52 Å². The number of rotatable bonds is 5. The van der Waals surface area contributed by atoms with E-state index in [-0.39, 0.29) is 15.8 Å². The van der Waals surface area contributed by atoms with E-state index >= 15 is 0 Å². The lowest BCUT2D eigenvalue weighted by molar-refractivity contribution is -0.136. The van der Waals surface area contributed by atoms with Gasteiger partial charge in [-0.2, -0.15) is 0 Å². The summed E-state index contributed by atoms with van der Waals surface area (Å²) in [5.74, 6) is -1.00. The molecule has 0 amide bonds. The predicted molar refractivity (Wildman–Crippen MR) is 71.1 cm³/mol. The zero-order chi connectivity index (χ0) is 14.0. The van der Waals surface area contributed by atoms with Crippen molar-refractivity contribution in [1.82, 2.24) is 10.2 Å². The predicted octanol–water partition coefficient (Wildman–Crippen LogP) is 1.34. The van der Waals surface area contributed by atoms with Gasteiger partial charge in [0.1, 0.15) is 9.22 Å². The number of carboxylic acid groups (broad SMARTS) is 1. The average Bonchev–Trinajstić information content (AvgIpc) is 2.87. The first kappa shape index (κ1) is 13.9. The third kappa shape index (κ3) is 3.49. The SMILES string of the molecule is Cc1nnc(NS(=O)(=O)c2ccc(CC(=O)O)s2)s1. The lowest BCUT2D eigenvalue weighted by atomic mass is 10.3. The van der Waals surface area contributed by atoms with Crippen molar-refractivity contribution in [3.05, 3.63) is 22.0 Å². The Labute approximate surface area is 117 Å². The lowest BCUT2D eigenvalue weighted by Crippen LogP contribution is -2.11. The molecule has 7 nitrogen and oxygen atoms in total. The van der Waals surface area contributed by atoms with Gasteiger partial charge in [0.25, 0.3) is 10.0 Å². The van der Waals surface area contributed by atoms with E-state index < -0.39 is 16.0 Å². The van der Waals surface area contributed by atoms with Crippen molar-refractivity contribution in [1.29, 1.82) is 0 Å². The summed E-state index contributed by atoms with van der Waals surface area (Å²) in [6, 6.07) is 2.86. The number of hydrogen-bond donors (Lipinski definition) is 2. The van der Waals surface area contributed by atoms with E-state index in [0.29, 0.717) is 9.88 Å². The average molecular weight is 319 g/mol. The summed E-state index contributed by atoms with van der Waals surface area (Å²) in [6.45, 7) is 1.71. The number of sulfonamides is 1. The van der Waals surface area contributed by atoms with Gasteiger partial charge in [0.05, 0.1) is 6.42 Å². The number of nitrogens with one attached hydrogen (secondary N) is 1. The normalized spacial score (nSPS) is 11.4. The smallest absolute Gasteiger partial charge is 0.308 e. The van der Waals surface area contributed by atoms with E-state index in [0.717, 1.165) is 22.7 Å². The molecule has 0 unspecified atom stereocenters. The van der Waals surface area contributed by atoms with Crippen LogP contribution in [-0.4, -0.2) is 29.7 Å². The number of thiophene rings is 1. The Hall–Kier alpha value is -1.52. The van der Waals surface area contributed by atoms with E-state index in [1.54, 1.807) is 6.92 Å². The maximum atomic E-state index is 12.0. The molecule has 2 heterocycles. The highest BCUT2D eigenvalue weighted by molar-refractivity contribution is 7.94. The maximum absolute atomic E-state index is 12.0. The van der Waals surface area contributed by atoms with Crippen LogP contribution in [0.15, 0.2) is 16.3 Å². The van der Waals surface area contributed by atoms with E-state index in [1.165, 1.54) is 12.1 Å². The Bertz CT molecular complexity index is 704. The van der Waals surface area contributed by atoms with E-state index in [9.17, 15) is 13.2 Å². The molecule has 0 aliphatic rings. The number of aromatic nitrogens is 2. The topological polar surface area (TPSA) is 109 Å². The first-order valence-corrected chi connectivity index (χ1v) is 8.12. The molecule has 0 saturated carbocycles. The molecule has 2 aromatic rings. The molecular formula is C9H9N3O4S3. The standard InChI is InChI=1S/C9H9N3O4S3/c1-5-10-11-9(17-5)12-19(15,16)8-3-2-6(18-8)4-7(13)14/h2-3H,4H2,1H3,(H,11,12)(H,13,14). The molecule has 0 radical (unpaired) electrons. The Morgan fingerprint density at radius 2 is 2.11 bits per heavy atom. The largest absolute Gasteiger partial charge is 0.481 e. The number of carboxylic acids is 1. The summed E-state index contributed by atoms with van der Waals surface area (Å²) in [5.41, 5.74) is 0. The van der Waals surface area contributed by atoms with Gasteiger partial charge in [-0.05, 0) is 19.1 Å². The number of nitrogens with zero attached hydrogens (tertiary/aromatic N) is 2. The molecule has 0 fully saturated rings. The van der Waals surface area contributed by atoms with Crippen LogP contribution >= 0.6 is 22.7 Å². The number of aryl methyl sites for hydroxylation is 1. The number of hydrogen-bond acceptors (Lipinski definition) is 7. The summed E-state index contributed by atoms with van der Waals surface area (Å²) in [7, 11) is -3.73. The van der Waals surface area contributed by atoms with Crippen LogP contribution in [0.4, 0.5) is 5.13 Å². The molecule has 0 aromatic carbocycles. The van der Waals surface area contributed by atoms with Crippen molar-refractivity contribution in [3.8, 4) is 0 Å². The van der Waals surface area contributed by atoms with Gasteiger partial charge in [0.2, 0.25) is 5.13 Å². The van der Waals surface area contributed by atoms with Gasteiger partial charge < -0.3 is 5.11 Å². The van der Waals surface area contributed by atoms with Gasteiger partial charge in [-0.1, -0.05) is 11.3 Å². The fourth-order valence-electron chi connectivity index (χ4n) is 1.25. The molecule has 2 aromatic heterocycles. The molecule has 102 valence electrons. The van der Waals surface area contributed by atoms with Crippen molar-refractivity contribution >= 4 is 43.8 Å². The second kappa shape index (κ2) is 5.23. The fraction of sp³-hybridized carbons (Fsp3) is 0.222. The van der Waals surface area contributed by atoms with E-state index in [2.05, 4.69) is 14.9 Å². The fourth-order valence-corrected chi connectivity index (χ4v) is 4.42. The molecule has 0 saturated heterocycles. The second-order valence-electron chi connectivity index (χ2n) is 3.52. The monoisotopic (exact) mass is 319 g/mol. The van der Waals surface area contributed by atoms with Gasteiger partial charge in [0.15, 0.2) is 0 Å². The quantitative estimate of drug-likeness (QED) is 0.860. The molecular weight excluding hydrogens is 310 g/mol. The number of anilines is 1. The Morgan fingerprint density at radius 3 is 2.68 bits per heavy atom. The van der Waals surface area contributed by atoms with Crippen LogP contribution in [-0.2, 0) is 21.2 Å². The third-order valence-corrected chi connectivity index (χ3v) is 5.77. The van der Waals surface area contributed by atoms with Crippen LogP contribution in [0, 0.1) is 6.92 Å². The summed E-state index contributed by atoms with van der Waals surface area (Å²) in [4.78, 5) is 11.0. The van der Waals surface area contributed by atoms with Crippen molar-refractivity contribution in [2.45, 2.75) is 17.6 Å². The Balaban J connectivity index is 2.19. The molecule has 19 heavy (non-hydrogen) atoms. The highest BCUT2D eigenvalue weighted by Gasteiger charge is 2.19. The summed E-state index contributed by atoms with van der Waals surface area (Å²) in [6.07, 6.45) is -0.196. The molecule has 0 aliphatic carbocycles. The molecule has 0 bridgehead atoms. The molecule has 0 aliphatic heterocycles. The number of aliphatic carboxylic acids is 1. The van der Waals surface area contributed by atoms with Gasteiger partial charge in [-0.15, -0.1) is 21.5 Å². The lowest BCUT2D eigenvalue weighted by Gasteiger charge is -2.00. The Morgan fingerprint density at radius 1 is 1.37 bits per heavy atom. The molecule has 10 heteroatoms. The first-order chi connectivity index (χ1) is 8.87. The van der Waals surface area contributed by atoms with Crippen molar-refractivity contribution in [2.24, 2.45) is 0 Å². The van der Waals surface area contributed by atoms with Crippen molar-refractivity contribution in [3.63, 3.8) is 0 Å². The zero-order valence-electron chi connectivity index (χ0n) is 9.65. The highest BCUT2D eigenvalue weighted by atomic mass is 32.2. The maximum Gasteiger partial charge on any atom is 0.308 e. The summed E-state index contributed by atoms with van der Waals surface area (Å²) >= 11 is 2.04. The second-order valence-corrected chi connectivity index (χ2v) is 7.78. The molecule has 0 atom stereocenters. The van der Waals surface area contributed by atoms with Crippen LogP contribution in [0.3, 0.4) is 0 Å². The zero-order valence-corrected chi connectivity index (χ0v) is 12.1. The minimum absolute atomic E-state index is 0.0524. The van der Waals surface area contributed by atoms with Crippen LogP contribution in [0.5, 0.6) is 0 Å². The van der Waals surface area contributed by atoms with Crippen molar-refractivity contribution < 1.29 is 18.3 Å². The van der Waals surface area contributed by atoms with Gasteiger partial charge in [-0.25, -0.2) is 8.42 Å². The van der Waals surface area contributed by atoms with E-state index in [1.807, 2.05) is 0 Å². The van der Waals surface area contributed by atoms with Crippen LogP contribution in [0.1, 0.15) is 9.88 Å². The summed E-state index contributed by atoms with van der Waals surface area (Å²) in [5, 5.41) is 16.9. The molecule has 0 spiro atoms. The van der Waals surface area contributed by atoms with Gasteiger partial charge >= 0.3 is 5.97 Å². The van der Waals surface area contributed by atoms with Crippen molar-refractivity contribution in [2.75, 3.05) is 4.72 Å². The molecule has 2 rings (SSSR count). The highest BCUT2D eigenvalue weighted by Crippen LogP contribution is 2.25. The number of carbonyl (C=O) groups is 1. The molecule has 2 N–H and O–H groups in total. The van der Waals surface area contributed by atoms with Crippen LogP contribution in [0.2, 0.25) is 0 Å². The van der Waals surface area contributed by atoms with E-state index in [4.69, 9.17) is 5.11 Å². The summed E-state index contributed by atoms with van der Waals surface area (Å²) < 4.78 is 26.4. The third-order valence-electron chi connectivity index (χ3n) is 1.98. The van der Waals surface area contributed by atoms with Crippen LogP contribution in [0.25, 0.3) is 0 Å². The minimum Gasteiger partial charge on any atom is -0.481 e. The van der Waals surface area contributed by atoms with Gasteiger partial charge in [0, 0.05) is 4.88 Å². The van der Waals surface area contributed by atoms with Crippen LogP contribution < -0.4 is 4.72 Å². The minimum atomic E-state index is -3.73. The Kier molecular flexibility index (Phi) is 3.83.